The van der Waals surface area contributed by atoms with E-state index < -0.39 is 17.7 Å². The van der Waals surface area contributed by atoms with E-state index in [2.05, 4.69) is 22.9 Å². The van der Waals surface area contributed by atoms with Crippen LogP contribution in [0.4, 0.5) is 0 Å². The smallest absolute Gasteiger partial charge is 0.138 e. The number of benzene rings is 2. The molecule has 0 aliphatic heterocycles. The van der Waals surface area contributed by atoms with E-state index in [0.717, 1.165) is 22.4 Å². The number of imidazole rings is 1. The van der Waals surface area contributed by atoms with Crippen molar-refractivity contribution in [3.8, 4) is 34.8 Å². The average molecular weight is 443 g/mol. The minimum Gasteiger partial charge on any atom is -0.490 e. The third-order valence-electron chi connectivity index (χ3n) is 5.75. The highest BCUT2D eigenvalue weighted by Gasteiger charge is 2.43. The predicted molar refractivity (Wildman–Crippen MR) is 124 cm³/mol. The molecule has 1 heterocycles. The number of nitrogens with two attached hydrogens (primary N) is 1. The Bertz CT molecular complexity index is 1190. The molecule has 1 saturated carbocycles. The normalized spacial score (nSPS) is 21.1. The maximum atomic E-state index is 9.83. The Hall–Kier alpha value is -3.62. The highest BCUT2D eigenvalue weighted by Crippen LogP contribution is 2.33. The van der Waals surface area contributed by atoms with Gasteiger partial charge >= 0.3 is 0 Å². The van der Waals surface area contributed by atoms with Gasteiger partial charge in [-0.15, -0.1) is 0 Å². The number of nitrogens with zero attached hydrogens (tertiary/aromatic N) is 3. The van der Waals surface area contributed by atoms with Crippen molar-refractivity contribution in [1.82, 2.24) is 9.55 Å². The Morgan fingerprint density at radius 3 is 2.39 bits per heavy atom. The highest BCUT2D eigenvalue weighted by molar-refractivity contribution is 5.65. The van der Waals surface area contributed by atoms with Gasteiger partial charge < -0.3 is 25.3 Å². The van der Waals surface area contributed by atoms with Gasteiger partial charge in [-0.05, 0) is 42.3 Å². The molecule has 0 saturated heterocycles. The molecule has 0 unspecified atom stereocenters. The molecule has 1 aliphatic rings. The topological polar surface area (TPSA) is 117 Å². The van der Waals surface area contributed by atoms with Crippen LogP contribution in [0.15, 0.2) is 60.9 Å². The number of hydrogen-bond donors (Lipinski definition) is 3. The summed E-state index contributed by atoms with van der Waals surface area (Å²) in [4.78, 5) is 4.13. The van der Waals surface area contributed by atoms with Gasteiger partial charge in [-0.1, -0.05) is 36.1 Å². The van der Waals surface area contributed by atoms with Crippen LogP contribution in [0.3, 0.4) is 0 Å². The molecule has 0 radical (unpaired) electrons. The number of hydrogen-bond acceptors (Lipinski definition) is 6. The van der Waals surface area contributed by atoms with E-state index in [4.69, 9.17) is 15.7 Å². The fourth-order valence-electron chi connectivity index (χ4n) is 3.87. The molecule has 4 N–H and O–H groups in total. The lowest BCUT2D eigenvalue weighted by atomic mass is 9.76. The van der Waals surface area contributed by atoms with Crippen molar-refractivity contribution in [2.45, 2.75) is 43.6 Å². The molecule has 2 aromatic carbocycles. The molecule has 168 valence electrons. The fraction of sp³-hybridized carbons (Fsp3) is 0.308. The van der Waals surface area contributed by atoms with E-state index in [0.29, 0.717) is 18.7 Å². The van der Waals surface area contributed by atoms with Crippen molar-refractivity contribution in [1.29, 1.82) is 5.26 Å². The van der Waals surface area contributed by atoms with Crippen molar-refractivity contribution < 1.29 is 14.9 Å². The zero-order chi connectivity index (χ0) is 23.4. The molecule has 0 bridgehead atoms. The monoisotopic (exact) mass is 442 g/mol. The second kappa shape index (κ2) is 9.48. The summed E-state index contributed by atoms with van der Waals surface area (Å²) >= 11 is 0. The molecule has 0 spiro atoms. The zero-order valence-corrected chi connectivity index (χ0v) is 18.3. The third kappa shape index (κ3) is 5.08. The van der Waals surface area contributed by atoms with Gasteiger partial charge in [0.15, 0.2) is 0 Å². The number of rotatable bonds is 6. The van der Waals surface area contributed by atoms with Gasteiger partial charge in [0, 0.05) is 30.8 Å². The fourth-order valence-corrected chi connectivity index (χ4v) is 3.87. The van der Waals surface area contributed by atoms with Crippen molar-refractivity contribution in [2.24, 2.45) is 5.73 Å². The van der Waals surface area contributed by atoms with Crippen LogP contribution >= 0.6 is 0 Å². The number of aliphatic hydroxyl groups is 2. The van der Waals surface area contributed by atoms with Crippen LogP contribution in [-0.4, -0.2) is 38.0 Å². The number of nitriles is 1. The molecule has 1 fully saturated rings. The maximum absolute atomic E-state index is 9.83. The van der Waals surface area contributed by atoms with Crippen molar-refractivity contribution in [3.05, 3.63) is 72.3 Å². The largest absolute Gasteiger partial charge is 0.490 e. The van der Waals surface area contributed by atoms with Gasteiger partial charge in [0.1, 0.15) is 35.4 Å². The van der Waals surface area contributed by atoms with Gasteiger partial charge in [-0.2, -0.15) is 5.26 Å². The summed E-state index contributed by atoms with van der Waals surface area (Å²) in [6.07, 6.45) is 3.63. The summed E-state index contributed by atoms with van der Waals surface area (Å²) in [6, 6.07) is 17.3. The molecule has 7 heteroatoms. The molecule has 3 aromatic rings. The lowest BCUT2D eigenvalue weighted by Gasteiger charge is -2.39. The minimum atomic E-state index is -0.745. The molecular weight excluding hydrogens is 416 g/mol. The standard InChI is InChI=1S/C26H26N4O3/c1-18(32)25-29-12-13-30(25)22(16-31)9-4-19-2-5-20(6-3-19)21-7-10-23(11-8-21)33-24-14-26(28,15-24)17-27/h2-3,5-8,10-13,18,22,24,31-32H,14-16,28H2,1H3/t18-,22-,24?,26?/m0/s1. The van der Waals surface area contributed by atoms with Crippen LogP contribution < -0.4 is 10.5 Å². The van der Waals surface area contributed by atoms with E-state index in [9.17, 15) is 10.2 Å². The number of aromatic nitrogens is 2. The van der Waals surface area contributed by atoms with Crippen LogP contribution in [0.1, 0.15) is 43.3 Å². The molecule has 33 heavy (non-hydrogen) atoms. The SMILES string of the molecule is C[C@H](O)c1nccn1[C@@H](C#Cc1ccc(-c2ccc(OC3CC(N)(C#N)C3)cc2)cc1)CO. The highest BCUT2D eigenvalue weighted by atomic mass is 16.5. The predicted octanol–water partition coefficient (Wildman–Crippen LogP) is 2.95. The third-order valence-corrected chi connectivity index (χ3v) is 5.75. The second-order valence-corrected chi connectivity index (χ2v) is 8.35. The van der Waals surface area contributed by atoms with E-state index in [-0.39, 0.29) is 12.7 Å². The first kappa shape index (κ1) is 22.6. The lowest BCUT2D eigenvalue weighted by molar-refractivity contribution is 0.0711. The number of ether oxygens (including phenoxy) is 1. The first-order valence-corrected chi connectivity index (χ1v) is 10.8. The molecular formula is C26H26N4O3. The molecule has 1 aromatic heterocycles. The molecule has 0 amide bonds. The Balaban J connectivity index is 1.41. The summed E-state index contributed by atoms with van der Waals surface area (Å²) in [6.45, 7) is 1.45. The Morgan fingerprint density at radius 1 is 1.18 bits per heavy atom. The summed E-state index contributed by atoms with van der Waals surface area (Å²) in [5.74, 6) is 7.38. The van der Waals surface area contributed by atoms with Gasteiger partial charge in [-0.3, -0.25) is 0 Å². The van der Waals surface area contributed by atoms with E-state index >= 15 is 0 Å². The molecule has 2 atom stereocenters. The van der Waals surface area contributed by atoms with Gasteiger partial charge in [0.2, 0.25) is 0 Å². The van der Waals surface area contributed by atoms with Crippen LogP contribution in [-0.2, 0) is 0 Å². The first-order valence-electron chi connectivity index (χ1n) is 10.8. The summed E-state index contributed by atoms with van der Waals surface area (Å²) in [5, 5.41) is 28.6. The molecule has 1 aliphatic carbocycles. The Morgan fingerprint density at radius 2 is 1.82 bits per heavy atom. The second-order valence-electron chi connectivity index (χ2n) is 8.35. The van der Waals surface area contributed by atoms with E-state index in [1.165, 1.54) is 0 Å². The first-order chi connectivity index (χ1) is 15.9. The van der Waals surface area contributed by atoms with Gasteiger partial charge in [0.25, 0.3) is 0 Å². The summed E-state index contributed by atoms with van der Waals surface area (Å²) < 4.78 is 7.57. The minimum absolute atomic E-state index is 0.0138. The average Bonchev–Trinajstić information content (AvgIpc) is 3.29. The quantitative estimate of drug-likeness (QED) is 0.505. The molecule has 4 rings (SSSR count). The van der Waals surface area contributed by atoms with Crippen molar-refractivity contribution >= 4 is 0 Å². The van der Waals surface area contributed by atoms with E-state index in [1.807, 2.05) is 48.5 Å². The Labute approximate surface area is 193 Å². The summed E-state index contributed by atoms with van der Waals surface area (Å²) in [5.41, 5.74) is 8.04. The maximum Gasteiger partial charge on any atom is 0.138 e. The number of aliphatic hydroxyl groups excluding tert-OH is 2. The van der Waals surface area contributed by atoms with Gasteiger partial charge in [-0.25, -0.2) is 4.98 Å². The van der Waals surface area contributed by atoms with Crippen LogP contribution in [0.5, 0.6) is 5.75 Å². The van der Waals surface area contributed by atoms with Gasteiger partial charge in [0.05, 0.1) is 12.7 Å². The van der Waals surface area contributed by atoms with Crippen molar-refractivity contribution in [2.75, 3.05) is 6.61 Å². The van der Waals surface area contributed by atoms with E-state index in [1.54, 1.807) is 23.9 Å². The molecule has 7 nitrogen and oxygen atoms in total. The van der Waals surface area contributed by atoms with Crippen LogP contribution in [0, 0.1) is 23.2 Å². The Kier molecular flexibility index (Phi) is 6.48. The zero-order valence-electron chi connectivity index (χ0n) is 18.3. The lowest BCUT2D eigenvalue weighted by Crippen LogP contribution is -2.55. The van der Waals surface area contributed by atoms with Crippen molar-refractivity contribution in [3.63, 3.8) is 0 Å². The van der Waals surface area contributed by atoms with Crippen LogP contribution in [0.25, 0.3) is 11.1 Å². The summed E-state index contributed by atoms with van der Waals surface area (Å²) in [7, 11) is 0. The van der Waals surface area contributed by atoms with Crippen LogP contribution in [0.2, 0.25) is 0 Å².